The van der Waals surface area contributed by atoms with Crippen molar-refractivity contribution in [1.29, 1.82) is 0 Å². The topological polar surface area (TPSA) is 0 Å². The molecule has 0 heteroatoms. The van der Waals surface area contributed by atoms with Crippen LogP contribution < -0.4 is 0 Å². The first-order valence-corrected chi connectivity index (χ1v) is 8.18. The van der Waals surface area contributed by atoms with Crippen LogP contribution in [0.2, 0.25) is 0 Å². The monoisotopic (exact) mass is 290 g/mol. The first-order chi connectivity index (χ1) is 11.4. The highest BCUT2D eigenvalue weighted by atomic mass is 14.3. The van der Waals surface area contributed by atoms with Crippen LogP contribution in [0.1, 0.15) is 11.1 Å². The summed E-state index contributed by atoms with van der Waals surface area (Å²) in [6.07, 6.45) is 1.06. The van der Waals surface area contributed by atoms with E-state index in [2.05, 4.69) is 72.8 Å². The summed E-state index contributed by atoms with van der Waals surface area (Å²) < 4.78 is 0. The fourth-order valence-corrected chi connectivity index (χ4v) is 4.51. The molecule has 0 fully saturated rings. The van der Waals surface area contributed by atoms with Gasteiger partial charge < -0.3 is 0 Å². The fourth-order valence-electron chi connectivity index (χ4n) is 4.51. The van der Waals surface area contributed by atoms with Gasteiger partial charge in [-0.05, 0) is 67.8 Å². The van der Waals surface area contributed by atoms with Crippen molar-refractivity contribution in [3.63, 3.8) is 0 Å². The summed E-state index contributed by atoms with van der Waals surface area (Å²) in [5.74, 6) is 0. The molecular formula is C23H14. The third-order valence-corrected chi connectivity index (χ3v) is 5.42. The third kappa shape index (κ3) is 1.33. The van der Waals surface area contributed by atoms with Crippen molar-refractivity contribution in [3.05, 3.63) is 83.9 Å². The minimum Gasteiger partial charge on any atom is -0.0619 e. The Morgan fingerprint density at radius 3 is 2.09 bits per heavy atom. The maximum absolute atomic E-state index is 2.44. The summed E-state index contributed by atoms with van der Waals surface area (Å²) in [7, 11) is 0. The number of hydrogen-bond acceptors (Lipinski definition) is 0. The van der Waals surface area contributed by atoms with Crippen LogP contribution in [0.4, 0.5) is 0 Å². The first-order valence-electron chi connectivity index (χ1n) is 8.18. The predicted molar refractivity (Wildman–Crippen MR) is 96.6 cm³/mol. The average Bonchev–Trinajstić information content (AvgIpc) is 3.13. The molecule has 0 N–H and O–H groups in total. The lowest BCUT2D eigenvalue weighted by molar-refractivity contribution is 1.27. The summed E-state index contributed by atoms with van der Waals surface area (Å²) in [5.41, 5.74) is 11.4. The van der Waals surface area contributed by atoms with Gasteiger partial charge in [-0.3, -0.25) is 0 Å². The highest BCUT2D eigenvalue weighted by Crippen LogP contribution is 2.52. The number of rotatable bonds is 0. The van der Waals surface area contributed by atoms with Crippen LogP contribution in [-0.4, -0.2) is 0 Å². The van der Waals surface area contributed by atoms with Crippen LogP contribution in [0, 0.1) is 0 Å². The molecule has 0 amide bonds. The summed E-state index contributed by atoms with van der Waals surface area (Å²) in [6, 6.07) is 26.9. The van der Waals surface area contributed by atoms with Gasteiger partial charge in [0.05, 0.1) is 0 Å². The Labute approximate surface area is 135 Å². The molecule has 106 valence electrons. The van der Waals surface area contributed by atoms with Gasteiger partial charge in [-0.1, -0.05) is 66.7 Å². The van der Waals surface area contributed by atoms with Crippen LogP contribution in [0.25, 0.3) is 44.2 Å². The molecule has 6 rings (SSSR count). The number of hydrogen-bond donors (Lipinski definition) is 0. The standard InChI is InChI=1S/C23H14/c1-2-7-16-14(6-1)12-15-13-21-18-9-4-3-8-17(18)19-10-5-11-20(22(15)16)23(19)21/h1-11,13H,12H2. The maximum Gasteiger partial charge on any atom is -0.00130 e. The van der Waals surface area contributed by atoms with E-state index in [1.807, 2.05) is 0 Å². The summed E-state index contributed by atoms with van der Waals surface area (Å²) in [6.45, 7) is 0. The van der Waals surface area contributed by atoms with E-state index in [1.165, 1.54) is 55.3 Å². The van der Waals surface area contributed by atoms with Gasteiger partial charge in [0.15, 0.2) is 0 Å². The smallest absolute Gasteiger partial charge is 0.00130 e. The molecule has 0 bridgehead atoms. The quantitative estimate of drug-likeness (QED) is 0.319. The Balaban J connectivity index is 1.83. The molecule has 4 aromatic rings. The van der Waals surface area contributed by atoms with Gasteiger partial charge in [0.2, 0.25) is 0 Å². The van der Waals surface area contributed by atoms with Gasteiger partial charge in [0.25, 0.3) is 0 Å². The number of benzene rings is 4. The van der Waals surface area contributed by atoms with Crippen molar-refractivity contribution in [1.82, 2.24) is 0 Å². The highest BCUT2D eigenvalue weighted by molar-refractivity contribution is 6.19. The second-order valence-electron chi connectivity index (χ2n) is 6.57. The van der Waals surface area contributed by atoms with E-state index in [4.69, 9.17) is 0 Å². The van der Waals surface area contributed by atoms with Crippen molar-refractivity contribution in [2.24, 2.45) is 0 Å². The summed E-state index contributed by atoms with van der Waals surface area (Å²) in [5, 5.41) is 2.85. The lowest BCUT2D eigenvalue weighted by Crippen LogP contribution is -1.85. The molecule has 0 heterocycles. The molecule has 4 aromatic carbocycles. The molecule has 23 heavy (non-hydrogen) atoms. The van der Waals surface area contributed by atoms with Gasteiger partial charge in [-0.2, -0.15) is 0 Å². The molecule has 0 spiro atoms. The Bertz CT molecular complexity index is 1130. The fraction of sp³-hybridized carbons (Fsp3) is 0.0435. The van der Waals surface area contributed by atoms with Crippen molar-refractivity contribution in [3.8, 4) is 33.4 Å². The van der Waals surface area contributed by atoms with E-state index in [0.717, 1.165) is 6.42 Å². The van der Waals surface area contributed by atoms with E-state index in [9.17, 15) is 0 Å². The lowest BCUT2D eigenvalue weighted by Gasteiger charge is -2.10. The predicted octanol–water partition coefficient (Wildman–Crippen LogP) is 6.06. The Kier molecular flexibility index (Phi) is 1.98. The van der Waals surface area contributed by atoms with Gasteiger partial charge in [0.1, 0.15) is 0 Å². The Morgan fingerprint density at radius 1 is 0.522 bits per heavy atom. The molecule has 0 atom stereocenters. The first kappa shape index (κ1) is 11.7. The molecule has 0 radical (unpaired) electrons. The molecule has 0 saturated heterocycles. The van der Waals surface area contributed by atoms with Crippen LogP contribution in [0.3, 0.4) is 0 Å². The maximum atomic E-state index is 2.44. The SMILES string of the molecule is c1ccc2c(c1)Cc1cc3c4c(cccc4c1-2)-c1ccccc1-3. The lowest BCUT2D eigenvalue weighted by atomic mass is 9.93. The molecule has 0 aliphatic heterocycles. The summed E-state index contributed by atoms with van der Waals surface area (Å²) in [4.78, 5) is 0. The van der Waals surface area contributed by atoms with Gasteiger partial charge in [-0.15, -0.1) is 0 Å². The molecule has 2 aliphatic rings. The molecule has 2 aliphatic carbocycles. The van der Waals surface area contributed by atoms with E-state index < -0.39 is 0 Å². The molecular weight excluding hydrogens is 276 g/mol. The van der Waals surface area contributed by atoms with Gasteiger partial charge in [-0.25, -0.2) is 0 Å². The van der Waals surface area contributed by atoms with Crippen LogP contribution in [-0.2, 0) is 6.42 Å². The average molecular weight is 290 g/mol. The zero-order valence-corrected chi connectivity index (χ0v) is 12.6. The van der Waals surface area contributed by atoms with Crippen LogP contribution in [0.15, 0.2) is 72.8 Å². The second kappa shape index (κ2) is 3.91. The minimum absolute atomic E-state index is 1.06. The van der Waals surface area contributed by atoms with Crippen molar-refractivity contribution >= 4 is 10.8 Å². The van der Waals surface area contributed by atoms with Crippen LogP contribution >= 0.6 is 0 Å². The second-order valence-corrected chi connectivity index (χ2v) is 6.57. The van der Waals surface area contributed by atoms with Gasteiger partial charge >= 0.3 is 0 Å². The van der Waals surface area contributed by atoms with Crippen molar-refractivity contribution in [2.75, 3.05) is 0 Å². The minimum atomic E-state index is 1.06. The van der Waals surface area contributed by atoms with Crippen molar-refractivity contribution in [2.45, 2.75) is 6.42 Å². The number of fused-ring (bicyclic) bond motifs is 7. The largest absolute Gasteiger partial charge is 0.0619 e. The van der Waals surface area contributed by atoms with Gasteiger partial charge in [0, 0.05) is 0 Å². The zero-order valence-electron chi connectivity index (χ0n) is 12.6. The Morgan fingerprint density at radius 2 is 1.22 bits per heavy atom. The molecule has 0 nitrogen and oxygen atoms in total. The molecule has 0 unspecified atom stereocenters. The zero-order chi connectivity index (χ0) is 15.0. The summed E-state index contributed by atoms with van der Waals surface area (Å²) >= 11 is 0. The van der Waals surface area contributed by atoms with E-state index in [-0.39, 0.29) is 0 Å². The Hall–Kier alpha value is -2.86. The molecule has 0 aromatic heterocycles. The third-order valence-electron chi connectivity index (χ3n) is 5.42. The highest BCUT2D eigenvalue weighted by Gasteiger charge is 2.27. The van der Waals surface area contributed by atoms with E-state index in [0.29, 0.717) is 0 Å². The van der Waals surface area contributed by atoms with E-state index in [1.54, 1.807) is 0 Å². The molecule has 0 saturated carbocycles. The normalized spacial score (nSPS) is 13.0. The van der Waals surface area contributed by atoms with Crippen LogP contribution in [0.5, 0.6) is 0 Å². The van der Waals surface area contributed by atoms with Crippen molar-refractivity contribution < 1.29 is 0 Å². The van der Waals surface area contributed by atoms with E-state index >= 15 is 0 Å².